The van der Waals surface area contributed by atoms with Gasteiger partial charge in [-0.25, -0.2) is 0 Å². The SMILES string of the molecule is CCC(=CC(N)=O)C(N)=O. The number of primary amides is 2. The molecule has 0 aliphatic rings. The maximum absolute atomic E-state index is 10.4. The molecule has 0 rings (SSSR count). The highest BCUT2D eigenvalue weighted by Gasteiger charge is 2.01. The topological polar surface area (TPSA) is 86.2 Å². The Hall–Kier alpha value is -1.32. The zero-order valence-electron chi connectivity index (χ0n) is 5.76. The quantitative estimate of drug-likeness (QED) is 0.510. The van der Waals surface area contributed by atoms with Gasteiger partial charge in [-0.1, -0.05) is 6.92 Å². The van der Waals surface area contributed by atoms with Gasteiger partial charge >= 0.3 is 0 Å². The molecule has 2 amide bonds. The summed E-state index contributed by atoms with van der Waals surface area (Å²) in [4.78, 5) is 20.6. The number of nitrogens with two attached hydrogens (primary N) is 2. The van der Waals surface area contributed by atoms with Crippen LogP contribution in [0.3, 0.4) is 0 Å². The molecule has 0 aromatic heterocycles. The zero-order chi connectivity index (χ0) is 8.15. The fraction of sp³-hybridized carbons (Fsp3) is 0.333. The van der Waals surface area contributed by atoms with Crippen LogP contribution in [0.2, 0.25) is 0 Å². The maximum Gasteiger partial charge on any atom is 0.244 e. The Morgan fingerprint density at radius 1 is 1.40 bits per heavy atom. The molecule has 0 radical (unpaired) electrons. The molecule has 0 fully saturated rings. The van der Waals surface area contributed by atoms with Crippen LogP contribution in [0.5, 0.6) is 0 Å². The Bertz CT molecular complexity index is 184. The molecule has 0 unspecified atom stereocenters. The Balaban J connectivity index is 4.34. The second-order valence-electron chi connectivity index (χ2n) is 1.79. The van der Waals surface area contributed by atoms with E-state index in [1.165, 1.54) is 0 Å². The van der Waals surface area contributed by atoms with E-state index >= 15 is 0 Å². The summed E-state index contributed by atoms with van der Waals surface area (Å²) < 4.78 is 0. The van der Waals surface area contributed by atoms with Crippen molar-refractivity contribution in [1.29, 1.82) is 0 Å². The summed E-state index contributed by atoms with van der Waals surface area (Å²) in [6.07, 6.45) is 1.47. The van der Waals surface area contributed by atoms with Crippen molar-refractivity contribution in [3.05, 3.63) is 11.6 Å². The Labute approximate surface area is 58.9 Å². The number of amides is 2. The summed E-state index contributed by atoms with van der Waals surface area (Å²) in [5.74, 6) is -1.24. The minimum Gasteiger partial charge on any atom is -0.366 e. The van der Waals surface area contributed by atoms with E-state index in [1.807, 2.05) is 0 Å². The van der Waals surface area contributed by atoms with E-state index in [2.05, 4.69) is 0 Å². The van der Waals surface area contributed by atoms with Gasteiger partial charge < -0.3 is 11.5 Å². The minimum atomic E-state index is -0.643. The second kappa shape index (κ2) is 3.66. The largest absolute Gasteiger partial charge is 0.366 e. The Kier molecular flexibility index (Phi) is 3.17. The van der Waals surface area contributed by atoms with Crippen molar-refractivity contribution >= 4 is 11.8 Å². The smallest absolute Gasteiger partial charge is 0.244 e. The van der Waals surface area contributed by atoms with Crippen molar-refractivity contribution < 1.29 is 9.59 Å². The molecule has 4 N–H and O–H groups in total. The molecule has 10 heavy (non-hydrogen) atoms. The molecule has 0 aromatic carbocycles. The number of rotatable bonds is 3. The Morgan fingerprint density at radius 3 is 2.00 bits per heavy atom. The molecular formula is C6H10N2O2. The van der Waals surface area contributed by atoms with E-state index in [-0.39, 0.29) is 5.57 Å². The molecule has 0 bridgehead atoms. The van der Waals surface area contributed by atoms with Crippen LogP contribution in [0, 0.1) is 0 Å². The zero-order valence-corrected chi connectivity index (χ0v) is 5.76. The van der Waals surface area contributed by atoms with Gasteiger partial charge in [0.25, 0.3) is 0 Å². The van der Waals surface area contributed by atoms with Crippen LogP contribution < -0.4 is 11.5 Å². The van der Waals surface area contributed by atoms with Crippen LogP contribution in [-0.2, 0) is 9.59 Å². The lowest BCUT2D eigenvalue weighted by atomic mass is 10.2. The summed E-state index contributed by atoms with van der Waals surface area (Å²) in [6, 6.07) is 0. The molecule has 0 atom stereocenters. The van der Waals surface area contributed by atoms with Gasteiger partial charge in [0.1, 0.15) is 0 Å². The Morgan fingerprint density at radius 2 is 1.90 bits per heavy atom. The van der Waals surface area contributed by atoms with Gasteiger partial charge in [0.2, 0.25) is 11.8 Å². The van der Waals surface area contributed by atoms with Crippen molar-refractivity contribution in [2.45, 2.75) is 13.3 Å². The van der Waals surface area contributed by atoms with E-state index in [4.69, 9.17) is 11.5 Å². The standard InChI is InChI=1S/C6H10N2O2/c1-2-4(6(8)10)3-5(7)9/h3H,2H2,1H3,(H2,7,9)(H2,8,10). The highest BCUT2D eigenvalue weighted by molar-refractivity contribution is 5.99. The lowest BCUT2D eigenvalue weighted by Gasteiger charge is -1.94. The van der Waals surface area contributed by atoms with E-state index in [1.54, 1.807) is 6.92 Å². The molecule has 0 aromatic rings. The first-order chi connectivity index (χ1) is 4.57. The van der Waals surface area contributed by atoms with Crippen molar-refractivity contribution in [2.75, 3.05) is 0 Å². The third kappa shape index (κ3) is 2.86. The summed E-state index contributed by atoms with van der Waals surface area (Å²) in [5, 5.41) is 0. The van der Waals surface area contributed by atoms with E-state index < -0.39 is 11.8 Å². The molecule has 0 saturated heterocycles. The minimum absolute atomic E-state index is 0.257. The molecule has 4 nitrogen and oxygen atoms in total. The van der Waals surface area contributed by atoms with Crippen LogP contribution >= 0.6 is 0 Å². The molecule has 0 heterocycles. The van der Waals surface area contributed by atoms with Crippen molar-refractivity contribution in [2.24, 2.45) is 11.5 Å². The first-order valence-corrected chi connectivity index (χ1v) is 2.87. The summed E-state index contributed by atoms with van der Waals surface area (Å²) >= 11 is 0. The van der Waals surface area contributed by atoms with Gasteiger partial charge in [-0.05, 0) is 6.42 Å². The van der Waals surface area contributed by atoms with Gasteiger partial charge in [-0.3, -0.25) is 9.59 Å². The molecule has 0 saturated carbocycles. The van der Waals surface area contributed by atoms with Crippen LogP contribution in [0.25, 0.3) is 0 Å². The molecule has 0 aliphatic carbocycles. The van der Waals surface area contributed by atoms with Crippen LogP contribution in [0.4, 0.5) is 0 Å². The maximum atomic E-state index is 10.4. The lowest BCUT2D eigenvalue weighted by molar-refractivity contribution is -0.116. The molecule has 4 heteroatoms. The van der Waals surface area contributed by atoms with E-state index in [9.17, 15) is 9.59 Å². The first-order valence-electron chi connectivity index (χ1n) is 2.87. The highest BCUT2D eigenvalue weighted by atomic mass is 16.1. The summed E-state index contributed by atoms with van der Waals surface area (Å²) in [5.41, 5.74) is 9.92. The van der Waals surface area contributed by atoms with Crippen LogP contribution in [0.15, 0.2) is 11.6 Å². The lowest BCUT2D eigenvalue weighted by Crippen LogP contribution is -2.17. The normalized spacial score (nSPS) is 11.1. The predicted octanol–water partition coefficient (Wildman–Crippen LogP) is -0.707. The van der Waals surface area contributed by atoms with Gasteiger partial charge in [0.15, 0.2) is 0 Å². The fourth-order valence-electron chi connectivity index (χ4n) is 0.519. The van der Waals surface area contributed by atoms with Gasteiger partial charge in [0, 0.05) is 11.6 Å². The van der Waals surface area contributed by atoms with Gasteiger partial charge in [-0.2, -0.15) is 0 Å². The molecule has 56 valence electrons. The van der Waals surface area contributed by atoms with Crippen LogP contribution in [-0.4, -0.2) is 11.8 Å². The fourth-order valence-corrected chi connectivity index (χ4v) is 0.519. The molecule has 0 aliphatic heterocycles. The average molecular weight is 142 g/mol. The highest BCUT2D eigenvalue weighted by Crippen LogP contribution is 1.96. The number of hydrogen-bond acceptors (Lipinski definition) is 2. The number of carbonyl (C=O) groups is 2. The van der Waals surface area contributed by atoms with Gasteiger partial charge in [0.05, 0.1) is 0 Å². The van der Waals surface area contributed by atoms with Crippen molar-refractivity contribution in [3.63, 3.8) is 0 Å². The third-order valence-corrected chi connectivity index (χ3v) is 1.01. The number of hydrogen-bond donors (Lipinski definition) is 2. The van der Waals surface area contributed by atoms with E-state index in [0.717, 1.165) is 6.08 Å². The second-order valence-corrected chi connectivity index (χ2v) is 1.79. The summed E-state index contributed by atoms with van der Waals surface area (Å²) in [6.45, 7) is 1.72. The predicted molar refractivity (Wildman–Crippen MR) is 36.8 cm³/mol. The monoisotopic (exact) mass is 142 g/mol. The van der Waals surface area contributed by atoms with Gasteiger partial charge in [-0.15, -0.1) is 0 Å². The van der Waals surface area contributed by atoms with Crippen molar-refractivity contribution in [1.82, 2.24) is 0 Å². The molecular weight excluding hydrogens is 132 g/mol. The van der Waals surface area contributed by atoms with E-state index in [0.29, 0.717) is 6.42 Å². The number of carbonyl (C=O) groups excluding carboxylic acids is 2. The molecule has 0 spiro atoms. The first kappa shape index (κ1) is 8.68. The average Bonchev–Trinajstić information content (AvgIpc) is 1.81. The van der Waals surface area contributed by atoms with Crippen LogP contribution in [0.1, 0.15) is 13.3 Å². The third-order valence-electron chi connectivity index (χ3n) is 1.01. The summed E-state index contributed by atoms with van der Waals surface area (Å²) in [7, 11) is 0. The van der Waals surface area contributed by atoms with Crippen molar-refractivity contribution in [3.8, 4) is 0 Å².